The summed E-state index contributed by atoms with van der Waals surface area (Å²) in [6.45, 7) is 4.15. The lowest BCUT2D eigenvalue weighted by Gasteiger charge is -1.99. The van der Waals surface area contributed by atoms with E-state index in [1.165, 1.54) is 16.8 Å². The predicted molar refractivity (Wildman–Crippen MR) is 44.2 cm³/mol. The average molecular weight is 148 g/mol. The smallest absolute Gasteiger partial charge is 0.0404 e. The van der Waals surface area contributed by atoms with Crippen molar-refractivity contribution in [3.05, 3.63) is 29.1 Å². The van der Waals surface area contributed by atoms with Crippen LogP contribution in [-0.2, 0) is 19.5 Å². The number of hydrogen-bond donors (Lipinski definition) is 1. The Hall–Kier alpha value is -0.890. The molecule has 1 aromatic heterocycles. The molecular formula is C9H12N2. The molecule has 0 saturated carbocycles. The van der Waals surface area contributed by atoms with E-state index < -0.39 is 0 Å². The minimum absolute atomic E-state index is 0.992. The second-order valence-corrected chi connectivity index (χ2v) is 2.90. The first-order valence-electron chi connectivity index (χ1n) is 4.07. The van der Waals surface area contributed by atoms with Crippen LogP contribution >= 0.6 is 0 Å². The minimum Gasteiger partial charge on any atom is -0.309 e. The molecule has 58 valence electrons. The van der Waals surface area contributed by atoms with Gasteiger partial charge in [-0.15, -0.1) is 0 Å². The zero-order valence-corrected chi connectivity index (χ0v) is 6.72. The molecule has 2 nitrogen and oxygen atoms in total. The molecule has 0 unspecified atom stereocenters. The number of hydrogen-bond acceptors (Lipinski definition) is 2. The molecule has 0 atom stereocenters. The van der Waals surface area contributed by atoms with Crippen molar-refractivity contribution in [2.45, 2.75) is 26.4 Å². The SMILES string of the molecule is CCc1cc2c(cn1)CNC2. The Morgan fingerprint density at radius 3 is 3.09 bits per heavy atom. The summed E-state index contributed by atoms with van der Waals surface area (Å²) in [7, 11) is 0. The van der Waals surface area contributed by atoms with E-state index in [1.807, 2.05) is 6.20 Å². The molecule has 1 aliphatic rings. The lowest BCUT2D eigenvalue weighted by atomic mass is 10.1. The molecule has 0 saturated heterocycles. The third kappa shape index (κ3) is 1.14. The zero-order valence-electron chi connectivity index (χ0n) is 6.72. The second kappa shape index (κ2) is 2.62. The Labute approximate surface area is 66.7 Å². The van der Waals surface area contributed by atoms with E-state index >= 15 is 0 Å². The molecule has 1 aliphatic heterocycles. The molecule has 2 heteroatoms. The molecule has 0 spiro atoms. The van der Waals surface area contributed by atoms with Gasteiger partial charge in [-0.05, 0) is 23.6 Å². The van der Waals surface area contributed by atoms with Gasteiger partial charge in [0.25, 0.3) is 0 Å². The third-order valence-electron chi connectivity index (χ3n) is 2.13. The monoisotopic (exact) mass is 148 g/mol. The van der Waals surface area contributed by atoms with Crippen molar-refractivity contribution in [3.63, 3.8) is 0 Å². The Balaban J connectivity index is 2.41. The van der Waals surface area contributed by atoms with E-state index in [1.54, 1.807) is 0 Å². The van der Waals surface area contributed by atoms with Gasteiger partial charge in [0.15, 0.2) is 0 Å². The number of aromatic nitrogens is 1. The molecule has 11 heavy (non-hydrogen) atoms. The standard InChI is InChI=1S/C9H12N2/c1-2-9-3-7-4-10-5-8(7)6-11-9/h3,6,10H,2,4-5H2,1H3. The van der Waals surface area contributed by atoms with Gasteiger partial charge in [-0.3, -0.25) is 4.98 Å². The third-order valence-corrected chi connectivity index (χ3v) is 2.13. The van der Waals surface area contributed by atoms with Gasteiger partial charge >= 0.3 is 0 Å². The van der Waals surface area contributed by atoms with E-state index in [-0.39, 0.29) is 0 Å². The van der Waals surface area contributed by atoms with Crippen LogP contribution in [0.25, 0.3) is 0 Å². The van der Waals surface area contributed by atoms with Crippen molar-refractivity contribution >= 4 is 0 Å². The largest absolute Gasteiger partial charge is 0.309 e. The quantitative estimate of drug-likeness (QED) is 0.648. The fourth-order valence-electron chi connectivity index (χ4n) is 1.42. The number of rotatable bonds is 1. The first-order chi connectivity index (χ1) is 5.40. The molecule has 1 N–H and O–H groups in total. The Kier molecular flexibility index (Phi) is 1.62. The number of fused-ring (bicyclic) bond motifs is 1. The molecule has 2 rings (SSSR count). The lowest BCUT2D eigenvalue weighted by molar-refractivity contribution is 0.764. The molecule has 0 fully saturated rings. The van der Waals surface area contributed by atoms with Crippen LogP contribution in [0.4, 0.5) is 0 Å². The topological polar surface area (TPSA) is 24.9 Å². The van der Waals surface area contributed by atoms with E-state index in [9.17, 15) is 0 Å². The highest BCUT2D eigenvalue weighted by molar-refractivity contribution is 5.29. The molecular weight excluding hydrogens is 136 g/mol. The Bertz CT molecular complexity index is 268. The maximum Gasteiger partial charge on any atom is 0.0404 e. The fraction of sp³-hybridized carbons (Fsp3) is 0.444. The molecule has 0 bridgehead atoms. The highest BCUT2D eigenvalue weighted by atomic mass is 14.9. The van der Waals surface area contributed by atoms with Crippen LogP contribution in [0.5, 0.6) is 0 Å². The minimum atomic E-state index is 0.992. The van der Waals surface area contributed by atoms with Crippen molar-refractivity contribution in [3.8, 4) is 0 Å². The van der Waals surface area contributed by atoms with Gasteiger partial charge in [0.05, 0.1) is 0 Å². The van der Waals surface area contributed by atoms with E-state index in [0.717, 1.165) is 19.5 Å². The van der Waals surface area contributed by atoms with Crippen LogP contribution in [0, 0.1) is 0 Å². The van der Waals surface area contributed by atoms with E-state index in [0.29, 0.717) is 0 Å². The fourth-order valence-corrected chi connectivity index (χ4v) is 1.42. The summed E-state index contributed by atoms with van der Waals surface area (Å²) in [4.78, 5) is 4.33. The molecule has 2 heterocycles. The Morgan fingerprint density at radius 2 is 2.27 bits per heavy atom. The number of nitrogens with one attached hydrogen (secondary N) is 1. The number of pyridine rings is 1. The van der Waals surface area contributed by atoms with E-state index in [2.05, 4.69) is 23.3 Å². The van der Waals surface area contributed by atoms with Gasteiger partial charge in [-0.2, -0.15) is 0 Å². The first kappa shape index (κ1) is 6.80. The van der Waals surface area contributed by atoms with Crippen molar-refractivity contribution in [2.24, 2.45) is 0 Å². The summed E-state index contributed by atoms with van der Waals surface area (Å²) in [5.41, 5.74) is 3.99. The van der Waals surface area contributed by atoms with Crippen molar-refractivity contribution in [1.82, 2.24) is 10.3 Å². The van der Waals surface area contributed by atoms with Gasteiger partial charge in [0.2, 0.25) is 0 Å². The normalized spacial score (nSPS) is 15.0. The van der Waals surface area contributed by atoms with Gasteiger partial charge in [-0.25, -0.2) is 0 Å². The van der Waals surface area contributed by atoms with Crippen LogP contribution < -0.4 is 5.32 Å². The summed E-state index contributed by atoms with van der Waals surface area (Å²) >= 11 is 0. The Morgan fingerprint density at radius 1 is 1.45 bits per heavy atom. The van der Waals surface area contributed by atoms with Gasteiger partial charge in [-0.1, -0.05) is 6.92 Å². The second-order valence-electron chi connectivity index (χ2n) is 2.90. The van der Waals surface area contributed by atoms with Crippen LogP contribution in [-0.4, -0.2) is 4.98 Å². The maximum atomic E-state index is 4.33. The molecule has 0 radical (unpaired) electrons. The molecule has 1 aromatic rings. The van der Waals surface area contributed by atoms with Crippen LogP contribution in [0.2, 0.25) is 0 Å². The highest BCUT2D eigenvalue weighted by Gasteiger charge is 2.09. The zero-order chi connectivity index (χ0) is 7.68. The molecule has 0 aliphatic carbocycles. The summed E-state index contributed by atoms with van der Waals surface area (Å²) in [5.74, 6) is 0. The highest BCUT2D eigenvalue weighted by Crippen LogP contribution is 2.14. The summed E-state index contributed by atoms with van der Waals surface area (Å²) in [6.07, 6.45) is 3.03. The summed E-state index contributed by atoms with van der Waals surface area (Å²) in [5, 5.41) is 3.30. The predicted octanol–water partition coefficient (Wildman–Crippen LogP) is 1.25. The summed E-state index contributed by atoms with van der Waals surface area (Å²) in [6, 6.07) is 2.20. The summed E-state index contributed by atoms with van der Waals surface area (Å²) < 4.78 is 0. The molecule has 0 amide bonds. The lowest BCUT2D eigenvalue weighted by Crippen LogP contribution is -1.99. The number of aryl methyl sites for hydroxylation is 1. The van der Waals surface area contributed by atoms with Gasteiger partial charge in [0.1, 0.15) is 0 Å². The van der Waals surface area contributed by atoms with Crippen LogP contribution in [0.3, 0.4) is 0 Å². The van der Waals surface area contributed by atoms with Crippen molar-refractivity contribution in [1.29, 1.82) is 0 Å². The molecule has 0 aromatic carbocycles. The maximum absolute atomic E-state index is 4.33. The van der Waals surface area contributed by atoms with Crippen molar-refractivity contribution in [2.75, 3.05) is 0 Å². The van der Waals surface area contributed by atoms with Crippen LogP contribution in [0.15, 0.2) is 12.3 Å². The first-order valence-corrected chi connectivity index (χ1v) is 4.07. The average Bonchev–Trinajstić information content (AvgIpc) is 2.50. The van der Waals surface area contributed by atoms with Gasteiger partial charge in [0, 0.05) is 25.0 Å². The van der Waals surface area contributed by atoms with Crippen molar-refractivity contribution < 1.29 is 0 Å². The van der Waals surface area contributed by atoms with Crippen LogP contribution in [0.1, 0.15) is 23.7 Å². The number of nitrogens with zero attached hydrogens (tertiary/aromatic N) is 1. The van der Waals surface area contributed by atoms with Gasteiger partial charge < -0.3 is 5.32 Å². The van der Waals surface area contributed by atoms with E-state index in [4.69, 9.17) is 0 Å².